The topological polar surface area (TPSA) is 45.2 Å². The summed E-state index contributed by atoms with van der Waals surface area (Å²) in [6, 6.07) is 11.2. The van der Waals surface area contributed by atoms with Crippen LogP contribution in [0.25, 0.3) is 10.2 Å². The molecule has 2 aliphatic heterocycles. The Morgan fingerprint density at radius 3 is 2.74 bits per heavy atom. The van der Waals surface area contributed by atoms with Crippen LogP contribution in [0, 0.1) is 24.7 Å². The summed E-state index contributed by atoms with van der Waals surface area (Å²) in [5.74, 6) is 5.72. The van der Waals surface area contributed by atoms with E-state index < -0.39 is 0 Å². The van der Waals surface area contributed by atoms with Crippen LogP contribution in [0.2, 0.25) is 0 Å². The first-order valence-electron chi connectivity index (χ1n) is 11.5. The maximum absolute atomic E-state index is 5.01. The first-order chi connectivity index (χ1) is 15.2. The third-order valence-electron chi connectivity index (χ3n) is 7.26. The summed E-state index contributed by atoms with van der Waals surface area (Å²) >= 11 is 3.78. The molecule has 7 heteroatoms. The van der Waals surface area contributed by atoms with Gasteiger partial charge in [-0.3, -0.25) is 0 Å². The molecule has 3 fully saturated rings. The van der Waals surface area contributed by atoms with Crippen molar-refractivity contribution in [1.29, 1.82) is 0 Å². The molecular formula is C24H29N5S2. The fourth-order valence-corrected chi connectivity index (χ4v) is 7.78. The van der Waals surface area contributed by atoms with E-state index in [0.29, 0.717) is 6.04 Å². The zero-order valence-corrected chi connectivity index (χ0v) is 19.8. The van der Waals surface area contributed by atoms with Gasteiger partial charge in [0.2, 0.25) is 5.95 Å². The number of rotatable bonds is 5. The summed E-state index contributed by atoms with van der Waals surface area (Å²) < 4.78 is 2.51. The van der Waals surface area contributed by atoms with Gasteiger partial charge in [-0.05, 0) is 63.0 Å². The number of hydrogen-bond donors (Lipinski definition) is 0. The SMILES string of the molecule is Cc1cc(N2C[C@@H]3C(CSc4nc5ccccc5s4)[C@@H]3C2)nc(N2CCCC[C@@H]2C)n1. The van der Waals surface area contributed by atoms with Crippen LogP contribution < -0.4 is 9.80 Å². The van der Waals surface area contributed by atoms with Crippen LogP contribution in [0.5, 0.6) is 0 Å². The molecule has 1 aromatic carbocycles. The van der Waals surface area contributed by atoms with Crippen LogP contribution in [0.1, 0.15) is 31.9 Å². The highest BCUT2D eigenvalue weighted by Gasteiger charge is 2.55. The zero-order chi connectivity index (χ0) is 20.9. The van der Waals surface area contributed by atoms with Gasteiger partial charge in [-0.1, -0.05) is 23.9 Å². The predicted molar refractivity (Wildman–Crippen MR) is 130 cm³/mol. The van der Waals surface area contributed by atoms with Crippen molar-refractivity contribution in [3.8, 4) is 0 Å². The molecule has 6 rings (SSSR count). The molecule has 1 saturated carbocycles. The third kappa shape index (κ3) is 3.80. The Morgan fingerprint density at radius 2 is 1.94 bits per heavy atom. The quantitative estimate of drug-likeness (QED) is 0.494. The molecule has 3 aromatic rings. The standard InChI is InChI=1S/C24H29N5S2/c1-15-11-22(27-23(25-15)29-10-6-5-7-16(29)2)28-12-17-18(13-28)19(17)14-30-24-26-20-8-3-4-9-21(20)31-24/h3-4,8-9,11,16-19H,5-7,10,12-14H2,1-2H3/t16-,17-,18+,19?/m0/s1. The van der Waals surface area contributed by atoms with Gasteiger partial charge in [0.1, 0.15) is 5.82 Å². The van der Waals surface area contributed by atoms with Crippen molar-refractivity contribution in [1.82, 2.24) is 15.0 Å². The van der Waals surface area contributed by atoms with Gasteiger partial charge in [0.05, 0.1) is 10.2 Å². The molecule has 0 N–H and O–H groups in total. The summed E-state index contributed by atoms with van der Waals surface area (Å²) in [7, 11) is 0. The number of benzene rings is 1. The molecule has 1 aliphatic carbocycles. The number of hydrogen-bond acceptors (Lipinski definition) is 7. The fourth-order valence-electron chi connectivity index (χ4n) is 5.39. The number of fused-ring (bicyclic) bond motifs is 2. The maximum atomic E-state index is 5.01. The van der Waals surface area contributed by atoms with Gasteiger partial charge in [0.15, 0.2) is 4.34 Å². The lowest BCUT2D eigenvalue weighted by molar-refractivity contribution is 0.476. The Morgan fingerprint density at radius 1 is 1.10 bits per heavy atom. The lowest BCUT2D eigenvalue weighted by Crippen LogP contribution is -2.39. The van der Waals surface area contributed by atoms with E-state index in [1.807, 2.05) is 23.1 Å². The van der Waals surface area contributed by atoms with E-state index in [0.717, 1.165) is 60.4 Å². The molecule has 162 valence electrons. The number of aryl methyl sites for hydroxylation is 1. The number of para-hydroxylation sites is 1. The van der Waals surface area contributed by atoms with E-state index >= 15 is 0 Å². The predicted octanol–water partition coefficient (Wildman–Crippen LogP) is 5.25. The van der Waals surface area contributed by atoms with E-state index in [1.54, 1.807) is 0 Å². The first-order valence-corrected chi connectivity index (χ1v) is 13.3. The summed E-state index contributed by atoms with van der Waals surface area (Å²) in [5, 5.41) is 0. The number of aromatic nitrogens is 3. The molecule has 0 spiro atoms. The van der Waals surface area contributed by atoms with E-state index in [2.05, 4.69) is 54.0 Å². The Labute approximate surface area is 192 Å². The molecule has 3 aliphatic rings. The minimum Gasteiger partial charge on any atom is -0.356 e. The van der Waals surface area contributed by atoms with Crippen molar-refractivity contribution < 1.29 is 0 Å². The van der Waals surface area contributed by atoms with Gasteiger partial charge < -0.3 is 9.80 Å². The number of nitrogens with zero attached hydrogens (tertiary/aromatic N) is 5. The number of anilines is 2. The highest BCUT2D eigenvalue weighted by Crippen LogP contribution is 2.54. The van der Waals surface area contributed by atoms with Crippen molar-refractivity contribution in [2.75, 3.05) is 35.2 Å². The van der Waals surface area contributed by atoms with Crippen LogP contribution in [0.4, 0.5) is 11.8 Å². The van der Waals surface area contributed by atoms with Crippen molar-refractivity contribution in [2.45, 2.75) is 43.5 Å². The van der Waals surface area contributed by atoms with E-state index in [1.165, 1.54) is 34.1 Å². The van der Waals surface area contributed by atoms with Gasteiger partial charge in [-0.2, -0.15) is 4.98 Å². The largest absolute Gasteiger partial charge is 0.356 e. The van der Waals surface area contributed by atoms with Gasteiger partial charge in [0.25, 0.3) is 0 Å². The van der Waals surface area contributed by atoms with Crippen LogP contribution in [-0.4, -0.2) is 46.4 Å². The molecular weight excluding hydrogens is 422 g/mol. The van der Waals surface area contributed by atoms with Crippen molar-refractivity contribution in [2.24, 2.45) is 17.8 Å². The van der Waals surface area contributed by atoms with Crippen molar-refractivity contribution in [3.05, 3.63) is 36.0 Å². The molecule has 0 bridgehead atoms. The van der Waals surface area contributed by atoms with E-state index in [4.69, 9.17) is 15.0 Å². The Hall–Kier alpha value is -1.86. The normalized spacial score (nSPS) is 27.7. The number of thiazole rings is 1. The summed E-state index contributed by atoms with van der Waals surface area (Å²) in [6.45, 7) is 7.78. The third-order valence-corrected chi connectivity index (χ3v) is 9.58. The second kappa shape index (κ2) is 7.93. The monoisotopic (exact) mass is 451 g/mol. The summed E-state index contributed by atoms with van der Waals surface area (Å²) in [4.78, 5) is 19.5. The Bertz CT molecular complexity index is 1050. The Balaban J connectivity index is 1.09. The minimum atomic E-state index is 0.541. The molecule has 2 aromatic heterocycles. The van der Waals surface area contributed by atoms with E-state index in [9.17, 15) is 0 Å². The van der Waals surface area contributed by atoms with E-state index in [-0.39, 0.29) is 0 Å². The maximum Gasteiger partial charge on any atom is 0.227 e. The minimum absolute atomic E-state index is 0.541. The molecule has 0 radical (unpaired) electrons. The second-order valence-electron chi connectivity index (χ2n) is 9.36. The molecule has 4 atom stereocenters. The van der Waals surface area contributed by atoms with Gasteiger partial charge in [-0.25, -0.2) is 9.97 Å². The van der Waals surface area contributed by atoms with Gasteiger partial charge in [-0.15, -0.1) is 11.3 Å². The highest BCUT2D eigenvalue weighted by atomic mass is 32.2. The smallest absolute Gasteiger partial charge is 0.227 e. The lowest BCUT2D eigenvalue weighted by atomic mass is 10.0. The van der Waals surface area contributed by atoms with Gasteiger partial charge >= 0.3 is 0 Å². The fraction of sp³-hybridized carbons (Fsp3) is 0.542. The van der Waals surface area contributed by atoms with Crippen molar-refractivity contribution in [3.63, 3.8) is 0 Å². The summed E-state index contributed by atoms with van der Waals surface area (Å²) in [6.07, 6.45) is 3.82. The molecule has 1 unspecified atom stereocenters. The van der Waals surface area contributed by atoms with Crippen LogP contribution >= 0.6 is 23.1 Å². The summed E-state index contributed by atoms with van der Waals surface area (Å²) in [5.41, 5.74) is 2.22. The van der Waals surface area contributed by atoms with Gasteiger partial charge in [0, 0.05) is 43.2 Å². The van der Waals surface area contributed by atoms with Crippen LogP contribution in [0.3, 0.4) is 0 Å². The molecule has 31 heavy (non-hydrogen) atoms. The van der Waals surface area contributed by atoms with Crippen LogP contribution in [0.15, 0.2) is 34.7 Å². The molecule has 4 heterocycles. The second-order valence-corrected chi connectivity index (χ2v) is 11.7. The number of piperidine rings is 2. The first kappa shape index (κ1) is 19.8. The lowest BCUT2D eigenvalue weighted by Gasteiger charge is -2.34. The zero-order valence-electron chi connectivity index (χ0n) is 18.2. The van der Waals surface area contributed by atoms with Crippen LogP contribution in [-0.2, 0) is 0 Å². The average Bonchev–Trinajstić information content (AvgIpc) is 3.11. The average molecular weight is 452 g/mol. The van der Waals surface area contributed by atoms with Crippen molar-refractivity contribution >= 4 is 45.1 Å². The molecule has 0 amide bonds. The Kier molecular flexibility index (Phi) is 5.06. The number of thioether (sulfide) groups is 1. The molecule has 2 saturated heterocycles. The molecule has 5 nitrogen and oxygen atoms in total. The highest BCUT2D eigenvalue weighted by molar-refractivity contribution is 8.01.